The Labute approximate surface area is 129 Å². The predicted octanol–water partition coefficient (Wildman–Crippen LogP) is 3.27. The molecule has 0 unspecified atom stereocenters. The highest BCUT2D eigenvalue weighted by Gasteiger charge is 2.11. The molecule has 0 amide bonds. The lowest BCUT2D eigenvalue weighted by Crippen LogP contribution is -2.27. The fourth-order valence-corrected chi connectivity index (χ4v) is 2.26. The van der Waals surface area contributed by atoms with Gasteiger partial charge in [0.05, 0.1) is 5.52 Å². The van der Waals surface area contributed by atoms with Crippen molar-refractivity contribution in [3.63, 3.8) is 0 Å². The summed E-state index contributed by atoms with van der Waals surface area (Å²) in [5, 5.41) is 14.6. The summed E-state index contributed by atoms with van der Waals surface area (Å²) in [5.74, 6) is 1.47. The van der Waals surface area contributed by atoms with Crippen LogP contribution in [-0.4, -0.2) is 32.8 Å². The van der Waals surface area contributed by atoms with Gasteiger partial charge in [-0.2, -0.15) is 5.10 Å². The number of hydrogen-bond donors (Lipinski definition) is 3. The lowest BCUT2D eigenvalue weighted by atomic mass is 10.1. The Morgan fingerprint density at radius 3 is 2.41 bits per heavy atom. The molecule has 0 bridgehead atoms. The van der Waals surface area contributed by atoms with Crippen molar-refractivity contribution in [3.8, 4) is 11.1 Å². The van der Waals surface area contributed by atoms with Crippen molar-refractivity contribution in [2.24, 2.45) is 0 Å². The maximum absolute atomic E-state index is 4.39. The predicted molar refractivity (Wildman–Crippen MR) is 90.0 cm³/mol. The van der Waals surface area contributed by atoms with E-state index >= 15 is 0 Å². The molecule has 3 N–H and O–H groups in total. The first-order valence-electron chi connectivity index (χ1n) is 7.23. The van der Waals surface area contributed by atoms with E-state index < -0.39 is 0 Å². The molecule has 2 aromatic heterocycles. The third-order valence-electron chi connectivity index (χ3n) is 3.27. The summed E-state index contributed by atoms with van der Waals surface area (Å²) in [6.45, 7) is 6.24. The second-order valence-electron chi connectivity index (χ2n) is 6.25. The number of aromatic amines is 1. The van der Waals surface area contributed by atoms with E-state index in [2.05, 4.69) is 57.6 Å². The van der Waals surface area contributed by atoms with E-state index in [1.54, 1.807) is 0 Å². The van der Waals surface area contributed by atoms with Gasteiger partial charge in [-0.3, -0.25) is 5.10 Å². The average Bonchev–Trinajstić information content (AvgIpc) is 2.88. The second kappa shape index (κ2) is 5.29. The Kier molecular flexibility index (Phi) is 3.44. The number of H-pyrrole nitrogens is 1. The van der Waals surface area contributed by atoms with Gasteiger partial charge in [0.1, 0.15) is 0 Å². The molecule has 22 heavy (non-hydrogen) atoms. The highest BCUT2D eigenvalue weighted by atomic mass is 15.2. The molecule has 1 aromatic carbocycles. The molecule has 0 aliphatic heterocycles. The normalized spacial score (nSPS) is 11.6. The van der Waals surface area contributed by atoms with E-state index in [1.165, 1.54) is 0 Å². The summed E-state index contributed by atoms with van der Waals surface area (Å²) in [5.41, 5.74) is 2.98. The molecule has 0 atom stereocenters. The van der Waals surface area contributed by atoms with Crippen LogP contribution in [0.25, 0.3) is 22.0 Å². The number of nitrogens with one attached hydrogen (secondary N) is 3. The highest BCUT2D eigenvalue weighted by molar-refractivity contribution is 5.93. The molecule has 0 aliphatic rings. The number of aromatic nitrogens is 4. The third kappa shape index (κ3) is 2.86. The summed E-state index contributed by atoms with van der Waals surface area (Å²) >= 11 is 0. The number of benzene rings is 1. The monoisotopic (exact) mass is 296 g/mol. The molecule has 3 aromatic rings. The molecular weight excluding hydrogens is 276 g/mol. The van der Waals surface area contributed by atoms with Crippen LogP contribution in [0.4, 0.5) is 11.8 Å². The lowest BCUT2D eigenvalue weighted by Gasteiger charge is -2.20. The highest BCUT2D eigenvalue weighted by Crippen LogP contribution is 2.27. The minimum absolute atomic E-state index is 0.0566. The van der Waals surface area contributed by atoms with Crippen LogP contribution < -0.4 is 10.6 Å². The fraction of sp³-hybridized carbons (Fsp3) is 0.312. The maximum Gasteiger partial charge on any atom is 0.223 e. The summed E-state index contributed by atoms with van der Waals surface area (Å²) in [7, 11) is 1.86. The average molecular weight is 296 g/mol. The first-order chi connectivity index (χ1) is 10.5. The Morgan fingerprint density at radius 2 is 1.77 bits per heavy atom. The zero-order valence-electron chi connectivity index (χ0n) is 13.2. The zero-order chi connectivity index (χ0) is 15.7. The molecule has 6 heteroatoms. The van der Waals surface area contributed by atoms with Crippen molar-refractivity contribution in [3.05, 3.63) is 30.6 Å². The van der Waals surface area contributed by atoms with E-state index in [4.69, 9.17) is 0 Å². The van der Waals surface area contributed by atoms with Gasteiger partial charge in [0.25, 0.3) is 0 Å². The van der Waals surface area contributed by atoms with E-state index in [0.29, 0.717) is 5.95 Å². The molecule has 0 aliphatic carbocycles. The summed E-state index contributed by atoms with van der Waals surface area (Å²) < 4.78 is 0. The molecule has 114 valence electrons. The van der Waals surface area contributed by atoms with E-state index in [0.717, 1.165) is 27.8 Å². The van der Waals surface area contributed by atoms with Crippen LogP contribution in [0.5, 0.6) is 0 Å². The van der Waals surface area contributed by atoms with Crippen molar-refractivity contribution in [1.29, 1.82) is 0 Å². The Morgan fingerprint density at radius 1 is 1.05 bits per heavy atom. The van der Waals surface area contributed by atoms with Gasteiger partial charge in [-0.05, 0) is 38.5 Å². The minimum atomic E-state index is -0.0566. The van der Waals surface area contributed by atoms with E-state index in [-0.39, 0.29) is 5.54 Å². The van der Waals surface area contributed by atoms with Crippen molar-refractivity contribution in [2.45, 2.75) is 26.3 Å². The molecule has 3 rings (SSSR count). The van der Waals surface area contributed by atoms with Crippen LogP contribution in [0.15, 0.2) is 30.6 Å². The molecule has 0 radical (unpaired) electrons. The summed E-state index contributed by atoms with van der Waals surface area (Å²) in [6.07, 6.45) is 3.67. The first-order valence-corrected chi connectivity index (χ1v) is 7.23. The topological polar surface area (TPSA) is 78.5 Å². The fourth-order valence-electron chi connectivity index (χ4n) is 2.26. The molecule has 6 nitrogen and oxygen atoms in total. The molecule has 0 saturated heterocycles. The molecule has 0 saturated carbocycles. The molecular formula is C16H20N6. The standard InChI is InChI=1S/C16H20N6/c1-16(2,3)20-15-18-8-11(9-19-15)10-5-6-13-12(7-10)14(17-4)22-21-13/h5-9H,1-4H3,(H2,17,21,22)(H,18,19,20). The van der Waals surface area contributed by atoms with Gasteiger partial charge in [-0.15, -0.1) is 0 Å². The summed E-state index contributed by atoms with van der Waals surface area (Å²) in [4.78, 5) is 8.78. The largest absolute Gasteiger partial charge is 0.371 e. The number of nitrogens with zero attached hydrogens (tertiary/aromatic N) is 3. The summed E-state index contributed by atoms with van der Waals surface area (Å²) in [6, 6.07) is 6.13. The van der Waals surface area contributed by atoms with Crippen LogP contribution in [0.1, 0.15) is 20.8 Å². The molecule has 0 spiro atoms. The van der Waals surface area contributed by atoms with E-state index in [9.17, 15) is 0 Å². The minimum Gasteiger partial charge on any atom is -0.371 e. The van der Waals surface area contributed by atoms with Gasteiger partial charge < -0.3 is 10.6 Å². The number of fused-ring (bicyclic) bond motifs is 1. The van der Waals surface area contributed by atoms with Gasteiger partial charge in [0.2, 0.25) is 5.95 Å². The third-order valence-corrected chi connectivity index (χ3v) is 3.27. The van der Waals surface area contributed by atoms with Gasteiger partial charge in [-0.1, -0.05) is 6.07 Å². The van der Waals surface area contributed by atoms with Gasteiger partial charge in [0, 0.05) is 35.9 Å². The van der Waals surface area contributed by atoms with Crippen molar-refractivity contribution < 1.29 is 0 Å². The van der Waals surface area contributed by atoms with Crippen LogP contribution in [0.3, 0.4) is 0 Å². The Bertz CT molecular complexity index is 782. The van der Waals surface area contributed by atoms with Crippen molar-refractivity contribution in [1.82, 2.24) is 20.2 Å². The lowest BCUT2D eigenvalue weighted by molar-refractivity contribution is 0.626. The zero-order valence-corrected chi connectivity index (χ0v) is 13.2. The van der Waals surface area contributed by atoms with Crippen molar-refractivity contribution >= 4 is 22.7 Å². The van der Waals surface area contributed by atoms with Gasteiger partial charge in [0.15, 0.2) is 5.82 Å². The van der Waals surface area contributed by atoms with E-state index in [1.807, 2.05) is 31.6 Å². The van der Waals surface area contributed by atoms with Gasteiger partial charge in [-0.25, -0.2) is 9.97 Å². The second-order valence-corrected chi connectivity index (χ2v) is 6.25. The van der Waals surface area contributed by atoms with Gasteiger partial charge >= 0.3 is 0 Å². The number of rotatable bonds is 3. The molecule has 2 heterocycles. The van der Waals surface area contributed by atoms with Crippen LogP contribution in [-0.2, 0) is 0 Å². The molecule has 0 fully saturated rings. The van der Waals surface area contributed by atoms with Crippen LogP contribution in [0, 0.1) is 0 Å². The Hall–Kier alpha value is -2.63. The van der Waals surface area contributed by atoms with Crippen LogP contribution in [0.2, 0.25) is 0 Å². The maximum atomic E-state index is 4.39. The van der Waals surface area contributed by atoms with Crippen molar-refractivity contribution in [2.75, 3.05) is 17.7 Å². The quantitative estimate of drug-likeness (QED) is 0.691. The first kappa shape index (κ1) is 14.3. The number of anilines is 2. The number of hydrogen-bond acceptors (Lipinski definition) is 5. The van der Waals surface area contributed by atoms with Crippen LogP contribution >= 0.6 is 0 Å². The Balaban J connectivity index is 1.93. The smallest absolute Gasteiger partial charge is 0.223 e. The SMILES string of the molecule is CNc1n[nH]c2ccc(-c3cnc(NC(C)(C)C)nc3)cc12.